The summed E-state index contributed by atoms with van der Waals surface area (Å²) < 4.78 is 26.2. The molecule has 0 aromatic heterocycles. The van der Waals surface area contributed by atoms with Crippen molar-refractivity contribution in [3.63, 3.8) is 0 Å². The van der Waals surface area contributed by atoms with E-state index in [9.17, 15) is 23.6 Å². The first-order valence-corrected chi connectivity index (χ1v) is 8.00. The minimum atomic E-state index is -4.00. The zero-order valence-electron chi connectivity index (χ0n) is 11.5. The third-order valence-electron chi connectivity index (χ3n) is 3.28. The Morgan fingerprint density at radius 1 is 1.52 bits per heavy atom. The van der Waals surface area contributed by atoms with Crippen LogP contribution in [-0.2, 0) is 10.0 Å². The second-order valence-electron chi connectivity index (χ2n) is 4.78. The molecule has 1 unspecified atom stereocenters. The lowest BCUT2D eigenvalue weighted by atomic mass is 10.3. The Labute approximate surface area is 122 Å². The van der Waals surface area contributed by atoms with Crippen molar-refractivity contribution in [1.29, 1.82) is 0 Å². The standard InChI is InChI=1S/C12H17N3O5S/c1-2-13-9-3-4-11(15(17)18)12(7-9)21(19,20)14-6-5-10(16)8-14/h3-4,7,10,13,16H,2,5-6,8H2,1H3. The number of aliphatic hydroxyl groups excluding tert-OH is 1. The van der Waals surface area contributed by atoms with Gasteiger partial charge < -0.3 is 10.4 Å². The third kappa shape index (κ3) is 3.14. The van der Waals surface area contributed by atoms with Gasteiger partial charge in [0.15, 0.2) is 4.90 Å². The van der Waals surface area contributed by atoms with Crippen molar-refractivity contribution in [1.82, 2.24) is 4.31 Å². The predicted octanol–water partition coefficient (Wildman–Crippen LogP) is 0.782. The zero-order valence-corrected chi connectivity index (χ0v) is 12.3. The summed E-state index contributed by atoms with van der Waals surface area (Å²) in [4.78, 5) is 10.0. The van der Waals surface area contributed by atoms with Gasteiger partial charge in [0.2, 0.25) is 10.0 Å². The number of nitrogens with one attached hydrogen (secondary N) is 1. The number of rotatable bonds is 5. The van der Waals surface area contributed by atoms with E-state index >= 15 is 0 Å². The minimum absolute atomic E-state index is 0.0368. The molecule has 1 fully saturated rings. The Bertz CT molecular complexity index is 646. The molecule has 0 amide bonds. The SMILES string of the molecule is CCNc1ccc([N+](=O)[O-])c(S(=O)(=O)N2CCC(O)C2)c1. The van der Waals surface area contributed by atoms with Crippen molar-refractivity contribution >= 4 is 21.4 Å². The van der Waals surface area contributed by atoms with E-state index < -0.39 is 26.7 Å². The molecule has 2 rings (SSSR count). The van der Waals surface area contributed by atoms with Gasteiger partial charge in [0.25, 0.3) is 5.69 Å². The molecule has 1 aromatic carbocycles. The lowest BCUT2D eigenvalue weighted by molar-refractivity contribution is -0.387. The highest BCUT2D eigenvalue weighted by Gasteiger charge is 2.36. The van der Waals surface area contributed by atoms with Crippen LogP contribution in [0.15, 0.2) is 23.1 Å². The number of β-amino-alcohol motifs (C(OH)–C–C–N with tert-alkyl or cyclic N) is 1. The molecule has 0 radical (unpaired) electrons. The Morgan fingerprint density at radius 3 is 2.76 bits per heavy atom. The van der Waals surface area contributed by atoms with Gasteiger partial charge in [0.05, 0.1) is 11.0 Å². The maximum absolute atomic E-state index is 12.5. The van der Waals surface area contributed by atoms with Gasteiger partial charge in [-0.3, -0.25) is 10.1 Å². The third-order valence-corrected chi connectivity index (χ3v) is 5.18. The molecule has 2 N–H and O–H groups in total. The Balaban J connectivity index is 2.49. The van der Waals surface area contributed by atoms with Crippen LogP contribution in [0.2, 0.25) is 0 Å². The quantitative estimate of drug-likeness (QED) is 0.613. The predicted molar refractivity (Wildman–Crippen MR) is 76.6 cm³/mol. The van der Waals surface area contributed by atoms with Crippen molar-refractivity contribution in [2.24, 2.45) is 0 Å². The smallest absolute Gasteiger partial charge is 0.289 e. The molecule has 0 aliphatic carbocycles. The van der Waals surface area contributed by atoms with Crippen molar-refractivity contribution in [2.75, 3.05) is 25.0 Å². The van der Waals surface area contributed by atoms with Gasteiger partial charge in [-0.1, -0.05) is 0 Å². The highest BCUT2D eigenvalue weighted by atomic mass is 32.2. The number of hydrogen-bond donors (Lipinski definition) is 2. The van der Waals surface area contributed by atoms with Gasteiger partial charge >= 0.3 is 0 Å². The van der Waals surface area contributed by atoms with Gasteiger partial charge in [0, 0.05) is 31.4 Å². The molecule has 8 nitrogen and oxygen atoms in total. The first kappa shape index (κ1) is 15.7. The number of anilines is 1. The topological polar surface area (TPSA) is 113 Å². The number of hydrogen-bond acceptors (Lipinski definition) is 6. The lowest BCUT2D eigenvalue weighted by Gasteiger charge is -2.16. The maximum Gasteiger partial charge on any atom is 0.289 e. The molecule has 1 aromatic rings. The van der Waals surface area contributed by atoms with Crippen LogP contribution in [0.3, 0.4) is 0 Å². The van der Waals surface area contributed by atoms with E-state index in [1.807, 2.05) is 6.92 Å². The van der Waals surface area contributed by atoms with Gasteiger partial charge in [-0.05, 0) is 25.5 Å². The van der Waals surface area contributed by atoms with Crippen molar-refractivity contribution < 1.29 is 18.4 Å². The minimum Gasteiger partial charge on any atom is -0.392 e. The first-order valence-electron chi connectivity index (χ1n) is 6.56. The lowest BCUT2D eigenvalue weighted by Crippen LogP contribution is -2.30. The largest absolute Gasteiger partial charge is 0.392 e. The molecule has 1 aliphatic heterocycles. The average Bonchev–Trinajstić information content (AvgIpc) is 2.86. The molecule has 0 spiro atoms. The molecule has 9 heteroatoms. The number of nitro groups is 1. The normalized spacial score (nSPS) is 19.6. The fraction of sp³-hybridized carbons (Fsp3) is 0.500. The summed E-state index contributed by atoms with van der Waals surface area (Å²) in [5, 5.41) is 23.5. The summed E-state index contributed by atoms with van der Waals surface area (Å²) in [6.45, 7) is 2.53. The summed E-state index contributed by atoms with van der Waals surface area (Å²) in [6.07, 6.45) is -0.393. The number of nitro benzene ring substituents is 1. The van der Waals surface area contributed by atoms with E-state index in [-0.39, 0.29) is 18.0 Å². The Hall–Kier alpha value is -1.71. The molecular formula is C12H17N3O5S. The van der Waals surface area contributed by atoms with Gasteiger partial charge in [-0.15, -0.1) is 0 Å². The van der Waals surface area contributed by atoms with E-state index in [0.29, 0.717) is 18.7 Å². The fourth-order valence-electron chi connectivity index (χ4n) is 2.25. The number of sulfonamides is 1. The van der Waals surface area contributed by atoms with E-state index in [2.05, 4.69) is 5.32 Å². The zero-order chi connectivity index (χ0) is 15.6. The molecule has 0 saturated carbocycles. The van der Waals surface area contributed by atoms with Crippen LogP contribution in [0.1, 0.15) is 13.3 Å². The molecule has 0 bridgehead atoms. The van der Waals surface area contributed by atoms with Crippen LogP contribution in [0, 0.1) is 10.1 Å². The first-order chi connectivity index (χ1) is 9.86. The second-order valence-corrected chi connectivity index (χ2v) is 6.68. The van der Waals surface area contributed by atoms with Crippen molar-refractivity contribution in [2.45, 2.75) is 24.3 Å². The maximum atomic E-state index is 12.5. The van der Waals surface area contributed by atoms with Gasteiger partial charge in [-0.25, -0.2) is 8.42 Å². The van der Waals surface area contributed by atoms with E-state index in [1.165, 1.54) is 18.2 Å². The monoisotopic (exact) mass is 315 g/mol. The fourth-order valence-corrected chi connectivity index (χ4v) is 3.93. The molecule has 1 heterocycles. The van der Waals surface area contributed by atoms with Crippen LogP contribution in [-0.4, -0.2) is 48.5 Å². The van der Waals surface area contributed by atoms with Crippen LogP contribution in [0.25, 0.3) is 0 Å². The molecule has 1 saturated heterocycles. The van der Waals surface area contributed by atoms with Crippen LogP contribution in [0.4, 0.5) is 11.4 Å². The van der Waals surface area contributed by atoms with Gasteiger partial charge in [-0.2, -0.15) is 4.31 Å². The van der Waals surface area contributed by atoms with Crippen LogP contribution < -0.4 is 5.32 Å². The highest BCUT2D eigenvalue weighted by Crippen LogP contribution is 2.31. The molecule has 21 heavy (non-hydrogen) atoms. The van der Waals surface area contributed by atoms with Crippen molar-refractivity contribution in [3.05, 3.63) is 28.3 Å². The summed E-state index contributed by atoms with van der Waals surface area (Å²) in [5.41, 5.74) is 0.0412. The number of benzene rings is 1. The molecule has 1 atom stereocenters. The van der Waals surface area contributed by atoms with Crippen LogP contribution in [0.5, 0.6) is 0 Å². The Morgan fingerprint density at radius 2 is 2.24 bits per heavy atom. The molecule has 1 aliphatic rings. The van der Waals surface area contributed by atoms with Gasteiger partial charge in [0.1, 0.15) is 0 Å². The van der Waals surface area contributed by atoms with Crippen LogP contribution >= 0.6 is 0 Å². The summed E-state index contributed by atoms with van der Waals surface area (Å²) in [6, 6.07) is 3.92. The average molecular weight is 315 g/mol. The van der Waals surface area contributed by atoms with Crippen molar-refractivity contribution in [3.8, 4) is 0 Å². The Kier molecular flexibility index (Phi) is 4.45. The number of aliphatic hydroxyl groups is 1. The van der Waals surface area contributed by atoms with E-state index in [0.717, 1.165) is 4.31 Å². The molecule has 116 valence electrons. The summed E-state index contributed by atoms with van der Waals surface area (Å²) >= 11 is 0. The second kappa shape index (κ2) is 5.96. The summed E-state index contributed by atoms with van der Waals surface area (Å²) in [5.74, 6) is 0. The molecular weight excluding hydrogens is 298 g/mol. The highest BCUT2D eigenvalue weighted by molar-refractivity contribution is 7.89. The van der Waals surface area contributed by atoms with E-state index in [4.69, 9.17) is 0 Å². The van der Waals surface area contributed by atoms with E-state index in [1.54, 1.807) is 0 Å². The number of nitrogens with zero attached hydrogens (tertiary/aromatic N) is 2. The summed E-state index contributed by atoms with van der Waals surface area (Å²) in [7, 11) is -4.00.